The smallest absolute Gasteiger partial charge is 0.193 e. The van der Waals surface area contributed by atoms with Crippen LogP contribution in [0.3, 0.4) is 0 Å². The molecule has 0 aliphatic heterocycles. The highest BCUT2D eigenvalue weighted by Crippen LogP contribution is 2.10. The highest BCUT2D eigenvalue weighted by molar-refractivity contribution is 5.92. The standard InChI is InChI=1S/C15H25N3O/c1-3-13-8-7-9-14(12-13)18-15(16)17-10-5-4-6-11-19-2/h7-9,12H,3-6,10-11H2,1-2H3,(H3,16,17,18). The summed E-state index contributed by atoms with van der Waals surface area (Å²) in [4.78, 5) is 4.32. The van der Waals surface area contributed by atoms with Crippen LogP contribution in [0.1, 0.15) is 31.7 Å². The maximum atomic E-state index is 5.85. The van der Waals surface area contributed by atoms with Crippen molar-refractivity contribution < 1.29 is 4.74 Å². The van der Waals surface area contributed by atoms with E-state index < -0.39 is 0 Å². The lowest BCUT2D eigenvalue weighted by atomic mass is 10.1. The molecule has 0 saturated heterocycles. The van der Waals surface area contributed by atoms with Gasteiger partial charge in [-0.15, -0.1) is 0 Å². The summed E-state index contributed by atoms with van der Waals surface area (Å²) in [6, 6.07) is 8.23. The fourth-order valence-corrected chi connectivity index (χ4v) is 1.79. The number of hydrogen-bond donors (Lipinski definition) is 2. The van der Waals surface area contributed by atoms with Gasteiger partial charge in [-0.25, -0.2) is 0 Å². The van der Waals surface area contributed by atoms with Crippen LogP contribution in [0.5, 0.6) is 0 Å². The Labute approximate surface area is 116 Å². The summed E-state index contributed by atoms with van der Waals surface area (Å²) >= 11 is 0. The zero-order valence-electron chi connectivity index (χ0n) is 12.0. The predicted octanol–water partition coefficient (Wildman–Crippen LogP) is 2.79. The number of benzene rings is 1. The number of nitrogens with zero attached hydrogens (tertiary/aromatic N) is 1. The van der Waals surface area contributed by atoms with Gasteiger partial charge in [-0.3, -0.25) is 4.99 Å². The Morgan fingerprint density at radius 3 is 2.89 bits per heavy atom. The van der Waals surface area contributed by atoms with Crippen molar-refractivity contribution in [1.82, 2.24) is 0 Å². The Hall–Kier alpha value is -1.55. The summed E-state index contributed by atoms with van der Waals surface area (Å²) in [6.45, 7) is 3.72. The van der Waals surface area contributed by atoms with Crippen molar-refractivity contribution in [2.24, 2.45) is 10.7 Å². The molecule has 0 saturated carbocycles. The number of nitrogens with two attached hydrogens (primary N) is 1. The van der Waals surface area contributed by atoms with Crippen LogP contribution in [0, 0.1) is 0 Å². The van der Waals surface area contributed by atoms with Crippen molar-refractivity contribution >= 4 is 11.6 Å². The van der Waals surface area contributed by atoms with Gasteiger partial charge in [0, 0.05) is 25.9 Å². The van der Waals surface area contributed by atoms with Crippen molar-refractivity contribution in [3.05, 3.63) is 29.8 Å². The first-order valence-corrected chi connectivity index (χ1v) is 6.91. The fraction of sp³-hybridized carbons (Fsp3) is 0.533. The number of anilines is 1. The van der Waals surface area contributed by atoms with Gasteiger partial charge in [0.15, 0.2) is 5.96 Å². The lowest BCUT2D eigenvalue weighted by Gasteiger charge is -2.07. The van der Waals surface area contributed by atoms with Crippen LogP contribution in [-0.2, 0) is 11.2 Å². The van der Waals surface area contributed by atoms with Crippen molar-refractivity contribution in [1.29, 1.82) is 0 Å². The predicted molar refractivity (Wildman–Crippen MR) is 81.7 cm³/mol. The molecule has 0 aromatic heterocycles. The normalized spacial score (nSPS) is 11.6. The molecule has 4 nitrogen and oxygen atoms in total. The Morgan fingerprint density at radius 1 is 1.32 bits per heavy atom. The summed E-state index contributed by atoms with van der Waals surface area (Å²) in [6.07, 6.45) is 4.26. The number of unbranched alkanes of at least 4 members (excludes halogenated alkanes) is 2. The van der Waals surface area contributed by atoms with E-state index in [-0.39, 0.29) is 0 Å². The zero-order chi connectivity index (χ0) is 13.9. The molecular weight excluding hydrogens is 238 g/mol. The van der Waals surface area contributed by atoms with Crippen LogP contribution in [-0.4, -0.2) is 26.2 Å². The second-order valence-electron chi connectivity index (χ2n) is 4.50. The average Bonchev–Trinajstić information content (AvgIpc) is 2.43. The molecule has 106 valence electrons. The van der Waals surface area contributed by atoms with Gasteiger partial charge in [-0.1, -0.05) is 19.1 Å². The number of aryl methyl sites for hydroxylation is 1. The molecular formula is C15H25N3O. The van der Waals surface area contributed by atoms with Crippen molar-refractivity contribution in [3.8, 4) is 0 Å². The Bertz CT molecular complexity index is 391. The van der Waals surface area contributed by atoms with Crippen LogP contribution in [0.4, 0.5) is 5.69 Å². The first-order chi connectivity index (χ1) is 9.26. The van der Waals surface area contributed by atoms with E-state index in [1.54, 1.807) is 7.11 Å². The average molecular weight is 263 g/mol. The quantitative estimate of drug-likeness (QED) is 0.431. The molecule has 0 aliphatic carbocycles. The molecule has 0 fully saturated rings. The number of guanidine groups is 1. The lowest BCUT2D eigenvalue weighted by molar-refractivity contribution is 0.192. The summed E-state index contributed by atoms with van der Waals surface area (Å²) in [5, 5.41) is 3.12. The Morgan fingerprint density at radius 2 is 2.16 bits per heavy atom. The monoisotopic (exact) mass is 263 g/mol. The van der Waals surface area contributed by atoms with Gasteiger partial charge in [0.2, 0.25) is 0 Å². The van der Waals surface area contributed by atoms with E-state index in [1.807, 2.05) is 12.1 Å². The molecule has 3 N–H and O–H groups in total. The van der Waals surface area contributed by atoms with Crippen LogP contribution in [0.15, 0.2) is 29.3 Å². The molecule has 0 radical (unpaired) electrons. The van der Waals surface area contributed by atoms with Crippen molar-refractivity contribution in [2.45, 2.75) is 32.6 Å². The highest BCUT2D eigenvalue weighted by Gasteiger charge is 1.96. The summed E-state index contributed by atoms with van der Waals surface area (Å²) < 4.78 is 5.00. The Kier molecular flexibility index (Phi) is 7.66. The maximum Gasteiger partial charge on any atom is 0.193 e. The largest absolute Gasteiger partial charge is 0.385 e. The van der Waals surface area contributed by atoms with E-state index in [4.69, 9.17) is 10.5 Å². The van der Waals surface area contributed by atoms with E-state index in [0.717, 1.165) is 44.5 Å². The number of rotatable bonds is 8. The number of hydrogen-bond acceptors (Lipinski definition) is 2. The summed E-state index contributed by atoms with van der Waals surface area (Å²) in [7, 11) is 1.73. The van der Waals surface area contributed by atoms with Crippen LogP contribution >= 0.6 is 0 Å². The second kappa shape index (κ2) is 9.39. The maximum absolute atomic E-state index is 5.85. The molecule has 0 atom stereocenters. The SMILES string of the molecule is CCc1cccc(NC(N)=NCCCCCOC)c1. The van der Waals surface area contributed by atoms with Gasteiger partial charge in [0.1, 0.15) is 0 Å². The molecule has 1 rings (SSSR count). The second-order valence-corrected chi connectivity index (χ2v) is 4.50. The molecule has 0 bridgehead atoms. The third kappa shape index (κ3) is 6.82. The van der Waals surface area contributed by atoms with Gasteiger partial charge < -0.3 is 15.8 Å². The van der Waals surface area contributed by atoms with Gasteiger partial charge in [-0.2, -0.15) is 0 Å². The third-order valence-corrected chi connectivity index (χ3v) is 2.90. The summed E-state index contributed by atoms with van der Waals surface area (Å²) in [5.41, 5.74) is 8.14. The molecule has 4 heteroatoms. The molecule has 0 spiro atoms. The van der Waals surface area contributed by atoms with E-state index in [1.165, 1.54) is 5.56 Å². The number of aliphatic imine (C=N–C) groups is 1. The molecule has 0 aliphatic rings. The topological polar surface area (TPSA) is 59.6 Å². The van der Waals surface area contributed by atoms with E-state index in [2.05, 4.69) is 29.4 Å². The minimum Gasteiger partial charge on any atom is -0.385 e. The van der Waals surface area contributed by atoms with E-state index in [0.29, 0.717) is 5.96 Å². The molecule has 1 aromatic rings. The molecule has 0 amide bonds. The highest BCUT2D eigenvalue weighted by atomic mass is 16.5. The number of nitrogens with one attached hydrogen (secondary N) is 1. The van der Waals surface area contributed by atoms with Crippen LogP contribution in [0.25, 0.3) is 0 Å². The fourth-order valence-electron chi connectivity index (χ4n) is 1.79. The van der Waals surface area contributed by atoms with E-state index >= 15 is 0 Å². The molecule has 1 aromatic carbocycles. The number of methoxy groups -OCH3 is 1. The first-order valence-electron chi connectivity index (χ1n) is 6.91. The van der Waals surface area contributed by atoms with Gasteiger partial charge in [0.05, 0.1) is 0 Å². The van der Waals surface area contributed by atoms with Crippen LogP contribution < -0.4 is 11.1 Å². The molecule has 19 heavy (non-hydrogen) atoms. The minimum atomic E-state index is 0.486. The van der Waals surface area contributed by atoms with Crippen LogP contribution in [0.2, 0.25) is 0 Å². The zero-order valence-corrected chi connectivity index (χ0v) is 12.0. The lowest BCUT2D eigenvalue weighted by Crippen LogP contribution is -2.22. The van der Waals surface area contributed by atoms with Gasteiger partial charge in [-0.05, 0) is 43.4 Å². The summed E-state index contributed by atoms with van der Waals surface area (Å²) in [5.74, 6) is 0.486. The first kappa shape index (κ1) is 15.5. The van der Waals surface area contributed by atoms with Gasteiger partial charge >= 0.3 is 0 Å². The number of ether oxygens (including phenoxy) is 1. The molecule has 0 heterocycles. The minimum absolute atomic E-state index is 0.486. The van der Waals surface area contributed by atoms with Gasteiger partial charge in [0.25, 0.3) is 0 Å². The molecule has 0 unspecified atom stereocenters. The third-order valence-electron chi connectivity index (χ3n) is 2.90. The van der Waals surface area contributed by atoms with E-state index in [9.17, 15) is 0 Å². The van der Waals surface area contributed by atoms with Crippen molar-refractivity contribution in [2.75, 3.05) is 25.6 Å². The Balaban J connectivity index is 2.30. The van der Waals surface area contributed by atoms with Crippen molar-refractivity contribution in [3.63, 3.8) is 0 Å².